The van der Waals surface area contributed by atoms with Gasteiger partial charge in [-0.3, -0.25) is 4.79 Å². The van der Waals surface area contributed by atoms with Gasteiger partial charge in [-0.15, -0.1) is 0 Å². The summed E-state index contributed by atoms with van der Waals surface area (Å²) in [6.45, 7) is 3.82. The number of anilines is 1. The van der Waals surface area contributed by atoms with Crippen LogP contribution in [0.4, 0.5) is 10.1 Å². The smallest absolute Gasteiger partial charge is 0.339 e. The first-order valence-electron chi connectivity index (χ1n) is 8.63. The van der Waals surface area contributed by atoms with Crippen LogP contribution in [-0.4, -0.2) is 31.7 Å². The van der Waals surface area contributed by atoms with Crippen molar-refractivity contribution < 1.29 is 28.2 Å². The Morgan fingerprint density at radius 1 is 1.21 bits per heavy atom. The number of rotatable bonds is 8. The van der Waals surface area contributed by atoms with Crippen LogP contribution in [0.3, 0.4) is 0 Å². The fraction of sp³-hybridized carbons (Fsp3) is 0.300. The van der Waals surface area contributed by atoms with E-state index in [1.807, 2.05) is 6.92 Å². The summed E-state index contributed by atoms with van der Waals surface area (Å²) in [5, 5.41) is 2.74. The molecule has 1 amide bonds. The van der Waals surface area contributed by atoms with E-state index < -0.39 is 23.8 Å². The van der Waals surface area contributed by atoms with E-state index in [4.69, 9.17) is 25.8 Å². The maximum Gasteiger partial charge on any atom is 0.339 e. The summed E-state index contributed by atoms with van der Waals surface area (Å²) in [6, 6.07) is 8.06. The van der Waals surface area contributed by atoms with Gasteiger partial charge in [0, 0.05) is 5.69 Å². The number of amides is 1. The summed E-state index contributed by atoms with van der Waals surface area (Å²) < 4.78 is 28.9. The number of benzene rings is 2. The molecule has 0 aliphatic heterocycles. The van der Waals surface area contributed by atoms with Crippen molar-refractivity contribution in [2.45, 2.75) is 26.4 Å². The van der Waals surface area contributed by atoms with Crippen molar-refractivity contribution >= 4 is 29.2 Å². The van der Waals surface area contributed by atoms with E-state index in [1.165, 1.54) is 50.4 Å². The Balaban J connectivity index is 2.07. The van der Waals surface area contributed by atoms with Crippen LogP contribution in [0.1, 0.15) is 30.6 Å². The Kier molecular flexibility index (Phi) is 7.63. The second-order valence-corrected chi connectivity index (χ2v) is 6.29. The quantitative estimate of drug-likeness (QED) is 0.651. The minimum absolute atomic E-state index is 0.118. The molecule has 0 spiro atoms. The number of ether oxygens (including phenoxy) is 3. The zero-order valence-electron chi connectivity index (χ0n) is 15.8. The van der Waals surface area contributed by atoms with Crippen LogP contribution in [0.15, 0.2) is 36.4 Å². The predicted octanol–water partition coefficient (Wildman–Crippen LogP) is 4.46. The first-order valence-corrected chi connectivity index (χ1v) is 9.01. The molecular formula is C20H21ClFNO5. The first-order chi connectivity index (χ1) is 13.3. The topological polar surface area (TPSA) is 73.9 Å². The van der Waals surface area contributed by atoms with Gasteiger partial charge in [-0.1, -0.05) is 18.5 Å². The van der Waals surface area contributed by atoms with Crippen LogP contribution < -0.4 is 14.8 Å². The van der Waals surface area contributed by atoms with Crippen molar-refractivity contribution in [2.24, 2.45) is 0 Å². The molecule has 1 atom stereocenters. The lowest BCUT2D eigenvalue weighted by Gasteiger charge is -2.16. The minimum Gasteiger partial charge on any atom is -0.493 e. The zero-order chi connectivity index (χ0) is 20.7. The maximum absolute atomic E-state index is 12.9. The monoisotopic (exact) mass is 409 g/mol. The SMILES string of the molecule is CCCOc1c(Cl)cc(C(=O)O[C@@H](C)C(=O)Nc2ccc(F)cc2)cc1OC. The molecule has 1 N–H and O–H groups in total. The molecule has 0 fully saturated rings. The number of esters is 1. The van der Waals surface area contributed by atoms with Crippen LogP contribution >= 0.6 is 11.6 Å². The molecule has 28 heavy (non-hydrogen) atoms. The molecule has 0 saturated heterocycles. The number of carbonyl (C=O) groups is 2. The molecule has 0 aliphatic carbocycles. The first kappa shape index (κ1) is 21.5. The molecule has 0 heterocycles. The van der Waals surface area contributed by atoms with Crippen LogP contribution in [0.5, 0.6) is 11.5 Å². The third kappa shape index (κ3) is 5.60. The second-order valence-electron chi connectivity index (χ2n) is 5.88. The number of nitrogens with one attached hydrogen (secondary N) is 1. The summed E-state index contributed by atoms with van der Waals surface area (Å²) in [6.07, 6.45) is -0.303. The highest BCUT2D eigenvalue weighted by Crippen LogP contribution is 2.36. The largest absolute Gasteiger partial charge is 0.493 e. The summed E-state index contributed by atoms with van der Waals surface area (Å²) >= 11 is 6.19. The third-order valence-corrected chi connectivity index (χ3v) is 3.96. The van der Waals surface area contributed by atoms with E-state index in [0.717, 1.165) is 6.42 Å². The van der Waals surface area contributed by atoms with Crippen molar-refractivity contribution in [3.05, 3.63) is 52.8 Å². The summed E-state index contributed by atoms with van der Waals surface area (Å²) in [4.78, 5) is 24.6. The lowest BCUT2D eigenvalue weighted by atomic mass is 10.2. The molecular weight excluding hydrogens is 389 g/mol. The van der Waals surface area contributed by atoms with Crippen LogP contribution in [0.2, 0.25) is 5.02 Å². The molecule has 150 valence electrons. The van der Waals surface area contributed by atoms with Crippen molar-refractivity contribution in [2.75, 3.05) is 19.0 Å². The van der Waals surface area contributed by atoms with Gasteiger partial charge in [0.25, 0.3) is 5.91 Å². The third-order valence-electron chi connectivity index (χ3n) is 3.68. The standard InChI is InChI=1S/C20H21ClFNO5/c1-4-9-27-18-16(21)10-13(11-17(18)26-3)20(25)28-12(2)19(24)23-15-7-5-14(22)6-8-15/h5-8,10-12H,4,9H2,1-3H3,(H,23,24)/t12-/m0/s1. The minimum atomic E-state index is -1.08. The fourth-order valence-electron chi connectivity index (χ4n) is 2.24. The van der Waals surface area contributed by atoms with Gasteiger partial charge in [0.2, 0.25) is 0 Å². The number of hydrogen-bond acceptors (Lipinski definition) is 5. The Morgan fingerprint density at radius 2 is 1.89 bits per heavy atom. The fourth-order valence-corrected chi connectivity index (χ4v) is 2.51. The molecule has 0 saturated carbocycles. The van der Waals surface area contributed by atoms with Gasteiger partial charge in [0.15, 0.2) is 17.6 Å². The predicted molar refractivity (Wildman–Crippen MR) is 104 cm³/mol. The lowest BCUT2D eigenvalue weighted by Crippen LogP contribution is -2.30. The average molecular weight is 410 g/mol. The Hall–Kier alpha value is -2.80. The number of carbonyl (C=O) groups excluding carboxylic acids is 2. The molecule has 0 bridgehead atoms. The Bertz CT molecular complexity index is 841. The highest BCUT2D eigenvalue weighted by molar-refractivity contribution is 6.32. The van der Waals surface area contributed by atoms with Gasteiger partial charge < -0.3 is 19.5 Å². The number of halogens is 2. The zero-order valence-corrected chi connectivity index (χ0v) is 16.5. The van der Waals surface area contributed by atoms with E-state index in [0.29, 0.717) is 18.0 Å². The summed E-state index contributed by atoms with van der Waals surface area (Å²) in [5.41, 5.74) is 0.503. The van der Waals surface area contributed by atoms with Crippen LogP contribution in [0, 0.1) is 5.82 Å². The molecule has 0 radical (unpaired) electrons. The highest BCUT2D eigenvalue weighted by atomic mass is 35.5. The Morgan fingerprint density at radius 3 is 2.50 bits per heavy atom. The van der Waals surface area contributed by atoms with E-state index in [2.05, 4.69) is 5.32 Å². The van der Waals surface area contributed by atoms with Crippen LogP contribution in [-0.2, 0) is 9.53 Å². The number of hydrogen-bond donors (Lipinski definition) is 1. The van der Waals surface area contributed by atoms with Gasteiger partial charge in [-0.25, -0.2) is 9.18 Å². The lowest BCUT2D eigenvalue weighted by molar-refractivity contribution is -0.123. The van der Waals surface area contributed by atoms with E-state index in [1.54, 1.807) is 0 Å². The van der Waals surface area contributed by atoms with E-state index >= 15 is 0 Å². The normalized spacial score (nSPS) is 11.5. The highest BCUT2D eigenvalue weighted by Gasteiger charge is 2.22. The van der Waals surface area contributed by atoms with E-state index in [-0.39, 0.29) is 16.3 Å². The average Bonchev–Trinajstić information content (AvgIpc) is 2.68. The van der Waals surface area contributed by atoms with Crippen molar-refractivity contribution in [3.63, 3.8) is 0 Å². The Labute approximate surface area is 167 Å². The van der Waals surface area contributed by atoms with Crippen molar-refractivity contribution in [1.29, 1.82) is 0 Å². The van der Waals surface area contributed by atoms with Crippen molar-refractivity contribution in [3.8, 4) is 11.5 Å². The maximum atomic E-state index is 12.9. The molecule has 0 aliphatic rings. The molecule has 0 unspecified atom stereocenters. The molecule has 0 aromatic heterocycles. The van der Waals surface area contributed by atoms with E-state index in [9.17, 15) is 14.0 Å². The molecule has 2 rings (SSSR count). The molecule has 2 aromatic carbocycles. The van der Waals surface area contributed by atoms with Crippen LogP contribution in [0.25, 0.3) is 0 Å². The second kappa shape index (κ2) is 9.94. The van der Waals surface area contributed by atoms with Gasteiger partial charge in [-0.05, 0) is 49.7 Å². The summed E-state index contributed by atoms with van der Waals surface area (Å²) in [7, 11) is 1.43. The van der Waals surface area contributed by atoms with Crippen molar-refractivity contribution in [1.82, 2.24) is 0 Å². The number of methoxy groups -OCH3 is 1. The van der Waals surface area contributed by atoms with Gasteiger partial charge in [-0.2, -0.15) is 0 Å². The van der Waals surface area contributed by atoms with Gasteiger partial charge >= 0.3 is 5.97 Å². The van der Waals surface area contributed by atoms with Gasteiger partial charge in [0.05, 0.1) is 24.3 Å². The molecule has 2 aromatic rings. The molecule has 8 heteroatoms. The molecule has 6 nitrogen and oxygen atoms in total. The summed E-state index contributed by atoms with van der Waals surface area (Å²) in [5.74, 6) is -1.10. The van der Waals surface area contributed by atoms with Gasteiger partial charge in [0.1, 0.15) is 5.82 Å².